The van der Waals surface area contributed by atoms with Gasteiger partial charge in [-0.3, -0.25) is 4.79 Å². The van der Waals surface area contributed by atoms with Crippen LogP contribution in [0.5, 0.6) is 0 Å². The van der Waals surface area contributed by atoms with E-state index >= 15 is 0 Å². The van der Waals surface area contributed by atoms with E-state index in [9.17, 15) is 4.79 Å². The quantitative estimate of drug-likeness (QED) is 0.420. The fraction of sp³-hybridized carbons (Fsp3) is 0.0385. The van der Waals surface area contributed by atoms with Gasteiger partial charge in [0.05, 0.1) is 11.9 Å². The van der Waals surface area contributed by atoms with Crippen molar-refractivity contribution in [2.24, 2.45) is 0 Å². The number of para-hydroxylation sites is 3. The minimum Gasteiger partial charge on any atom is -0.354 e. The molecule has 0 atom stereocenters. The second-order valence-electron chi connectivity index (χ2n) is 7.33. The highest BCUT2D eigenvalue weighted by Gasteiger charge is 2.14. The smallest absolute Gasteiger partial charge is 0.228 e. The number of hydrogen-bond acceptors (Lipinski definition) is 3. The molecule has 2 N–H and O–H groups in total. The second-order valence-corrected chi connectivity index (χ2v) is 7.33. The fourth-order valence-corrected chi connectivity index (χ4v) is 3.95. The fourth-order valence-electron chi connectivity index (χ4n) is 3.95. The number of amides is 1. The first-order valence-electron chi connectivity index (χ1n) is 9.96. The predicted molar refractivity (Wildman–Crippen MR) is 123 cm³/mol. The SMILES string of the molecule is N#Cc1cc(CC(=O)Nc2ccccc2-c2cccc3c2[nH]c2ccccc23)ccn1. The van der Waals surface area contributed by atoms with Crippen molar-refractivity contribution in [3.05, 3.63) is 96.3 Å². The van der Waals surface area contributed by atoms with E-state index in [0.29, 0.717) is 5.69 Å². The molecule has 2 heterocycles. The number of nitriles is 1. The van der Waals surface area contributed by atoms with Gasteiger partial charge in [-0.1, -0.05) is 54.6 Å². The standard InChI is InChI=1S/C26H18N4O/c27-16-18-14-17(12-13-28-18)15-25(31)29-23-10-3-1-6-19(23)21-8-5-9-22-20-7-2-4-11-24(20)30-26(21)22/h1-14,30H,15H2,(H,29,31). The number of aromatic amines is 1. The molecule has 0 radical (unpaired) electrons. The summed E-state index contributed by atoms with van der Waals surface area (Å²) in [5, 5.41) is 14.4. The summed E-state index contributed by atoms with van der Waals surface area (Å²) < 4.78 is 0. The summed E-state index contributed by atoms with van der Waals surface area (Å²) in [6.07, 6.45) is 1.72. The van der Waals surface area contributed by atoms with Gasteiger partial charge in [0.2, 0.25) is 5.91 Å². The third kappa shape index (κ3) is 3.52. The molecule has 3 aromatic carbocycles. The van der Waals surface area contributed by atoms with Crippen LogP contribution in [-0.2, 0) is 11.2 Å². The van der Waals surface area contributed by atoms with Crippen molar-refractivity contribution in [2.75, 3.05) is 5.32 Å². The van der Waals surface area contributed by atoms with Gasteiger partial charge >= 0.3 is 0 Å². The van der Waals surface area contributed by atoms with Gasteiger partial charge in [0.25, 0.3) is 0 Å². The molecule has 0 aliphatic rings. The monoisotopic (exact) mass is 402 g/mol. The van der Waals surface area contributed by atoms with E-state index < -0.39 is 0 Å². The average Bonchev–Trinajstić information content (AvgIpc) is 3.18. The van der Waals surface area contributed by atoms with E-state index in [1.807, 2.05) is 48.5 Å². The van der Waals surface area contributed by atoms with Gasteiger partial charge < -0.3 is 10.3 Å². The summed E-state index contributed by atoms with van der Waals surface area (Å²) in [7, 11) is 0. The van der Waals surface area contributed by atoms with Crippen LogP contribution in [0.1, 0.15) is 11.3 Å². The largest absolute Gasteiger partial charge is 0.354 e. The number of nitrogens with zero attached hydrogens (tertiary/aromatic N) is 2. The first-order valence-corrected chi connectivity index (χ1v) is 9.96. The highest BCUT2D eigenvalue weighted by atomic mass is 16.1. The van der Waals surface area contributed by atoms with Crippen LogP contribution in [0.4, 0.5) is 5.69 Å². The zero-order valence-electron chi connectivity index (χ0n) is 16.6. The summed E-state index contributed by atoms with van der Waals surface area (Å²) >= 11 is 0. The number of rotatable bonds is 4. The first-order chi connectivity index (χ1) is 15.2. The number of H-pyrrole nitrogens is 1. The van der Waals surface area contributed by atoms with Gasteiger partial charge in [-0.25, -0.2) is 4.98 Å². The molecule has 0 fully saturated rings. The van der Waals surface area contributed by atoms with E-state index in [4.69, 9.17) is 5.26 Å². The van der Waals surface area contributed by atoms with Crippen molar-refractivity contribution >= 4 is 33.4 Å². The Morgan fingerprint density at radius 3 is 2.61 bits per heavy atom. The lowest BCUT2D eigenvalue weighted by Crippen LogP contribution is -2.15. The van der Waals surface area contributed by atoms with Crippen LogP contribution in [0, 0.1) is 11.3 Å². The molecule has 5 nitrogen and oxygen atoms in total. The second kappa shape index (κ2) is 7.77. The summed E-state index contributed by atoms with van der Waals surface area (Å²) in [5.74, 6) is -0.147. The summed E-state index contributed by atoms with van der Waals surface area (Å²) in [5.41, 5.74) is 5.89. The van der Waals surface area contributed by atoms with E-state index in [2.05, 4.69) is 39.6 Å². The van der Waals surface area contributed by atoms with E-state index in [0.717, 1.165) is 38.8 Å². The maximum atomic E-state index is 12.7. The van der Waals surface area contributed by atoms with Crippen LogP contribution < -0.4 is 5.32 Å². The molecule has 2 aromatic heterocycles. The summed E-state index contributed by atoms with van der Waals surface area (Å²) in [6.45, 7) is 0. The topological polar surface area (TPSA) is 81.6 Å². The normalized spacial score (nSPS) is 10.8. The number of carbonyl (C=O) groups excluding carboxylic acids is 1. The Balaban J connectivity index is 1.51. The van der Waals surface area contributed by atoms with Crippen molar-refractivity contribution in [1.82, 2.24) is 9.97 Å². The van der Waals surface area contributed by atoms with Gasteiger partial charge in [0.15, 0.2) is 0 Å². The van der Waals surface area contributed by atoms with Crippen molar-refractivity contribution in [3.8, 4) is 17.2 Å². The van der Waals surface area contributed by atoms with Crippen molar-refractivity contribution in [3.63, 3.8) is 0 Å². The highest BCUT2D eigenvalue weighted by Crippen LogP contribution is 2.36. The van der Waals surface area contributed by atoms with Gasteiger partial charge in [0.1, 0.15) is 11.8 Å². The van der Waals surface area contributed by atoms with Crippen LogP contribution in [0.15, 0.2) is 85.1 Å². The van der Waals surface area contributed by atoms with Crippen molar-refractivity contribution in [1.29, 1.82) is 5.26 Å². The van der Waals surface area contributed by atoms with E-state index in [-0.39, 0.29) is 12.3 Å². The zero-order valence-corrected chi connectivity index (χ0v) is 16.6. The molecule has 5 heteroatoms. The molecule has 5 aromatic rings. The Morgan fingerprint density at radius 1 is 0.935 bits per heavy atom. The van der Waals surface area contributed by atoms with Gasteiger partial charge in [0, 0.05) is 39.3 Å². The van der Waals surface area contributed by atoms with Crippen LogP contribution in [0.2, 0.25) is 0 Å². The molecular formula is C26H18N4O. The summed E-state index contributed by atoms with van der Waals surface area (Å²) in [6, 6.07) is 27.6. The van der Waals surface area contributed by atoms with Crippen LogP contribution in [0.3, 0.4) is 0 Å². The number of benzene rings is 3. The number of nitrogens with one attached hydrogen (secondary N) is 2. The Morgan fingerprint density at radius 2 is 1.71 bits per heavy atom. The minimum absolute atomic E-state index is 0.147. The van der Waals surface area contributed by atoms with Gasteiger partial charge in [-0.05, 0) is 29.8 Å². The number of aromatic nitrogens is 2. The third-order valence-electron chi connectivity index (χ3n) is 5.34. The average molecular weight is 402 g/mol. The molecule has 0 unspecified atom stereocenters. The molecule has 0 saturated heterocycles. The minimum atomic E-state index is -0.147. The zero-order chi connectivity index (χ0) is 21.2. The highest BCUT2D eigenvalue weighted by molar-refractivity contribution is 6.13. The number of carbonyl (C=O) groups is 1. The van der Waals surface area contributed by atoms with E-state index in [1.54, 1.807) is 18.3 Å². The molecule has 1 amide bonds. The first kappa shape index (κ1) is 18.6. The Hall–Kier alpha value is -4.43. The Labute approximate surface area is 179 Å². The predicted octanol–water partition coefficient (Wildman–Crippen LogP) is 5.44. The van der Waals surface area contributed by atoms with Gasteiger partial charge in [-0.15, -0.1) is 0 Å². The van der Waals surface area contributed by atoms with Crippen LogP contribution >= 0.6 is 0 Å². The van der Waals surface area contributed by atoms with Crippen molar-refractivity contribution < 1.29 is 4.79 Å². The maximum Gasteiger partial charge on any atom is 0.228 e. The Kier molecular flexibility index (Phi) is 4.66. The summed E-state index contributed by atoms with van der Waals surface area (Å²) in [4.78, 5) is 20.2. The molecule has 5 rings (SSSR count). The number of hydrogen-bond donors (Lipinski definition) is 2. The molecule has 0 aliphatic heterocycles. The maximum absolute atomic E-state index is 12.7. The van der Waals surface area contributed by atoms with Crippen molar-refractivity contribution in [2.45, 2.75) is 6.42 Å². The number of fused-ring (bicyclic) bond motifs is 3. The molecule has 0 saturated carbocycles. The Bertz CT molecular complexity index is 1480. The van der Waals surface area contributed by atoms with Crippen LogP contribution in [0.25, 0.3) is 32.9 Å². The molecular weight excluding hydrogens is 384 g/mol. The lowest BCUT2D eigenvalue weighted by molar-refractivity contribution is -0.115. The van der Waals surface area contributed by atoms with Gasteiger partial charge in [-0.2, -0.15) is 5.26 Å². The molecule has 0 aliphatic carbocycles. The number of pyridine rings is 1. The number of anilines is 1. The molecule has 0 bridgehead atoms. The molecule has 148 valence electrons. The lowest BCUT2D eigenvalue weighted by atomic mass is 10.00. The van der Waals surface area contributed by atoms with Crippen LogP contribution in [-0.4, -0.2) is 15.9 Å². The third-order valence-corrected chi connectivity index (χ3v) is 5.34. The molecule has 31 heavy (non-hydrogen) atoms. The lowest BCUT2D eigenvalue weighted by Gasteiger charge is -2.12. The molecule has 0 spiro atoms. The van der Waals surface area contributed by atoms with E-state index in [1.165, 1.54) is 5.39 Å².